The summed E-state index contributed by atoms with van der Waals surface area (Å²) in [5.41, 5.74) is 0. The van der Waals surface area contributed by atoms with Gasteiger partial charge in [-0.05, 0) is 25.0 Å². The van der Waals surface area contributed by atoms with Crippen molar-refractivity contribution in [3.05, 3.63) is 29.3 Å². The highest BCUT2D eigenvalue weighted by atomic mass is 35.5. The van der Waals surface area contributed by atoms with Crippen LogP contribution in [0.15, 0.2) is 29.2 Å². The monoisotopic (exact) mass is 284 g/mol. The average molecular weight is 285 g/mol. The first kappa shape index (κ1) is 13.8. The smallest absolute Gasteiger partial charge is 0.320 e. The van der Waals surface area contributed by atoms with E-state index in [9.17, 15) is 9.90 Å². The van der Waals surface area contributed by atoms with E-state index in [0.29, 0.717) is 5.02 Å². The van der Waals surface area contributed by atoms with E-state index in [2.05, 4.69) is 0 Å². The van der Waals surface area contributed by atoms with Crippen molar-refractivity contribution in [1.82, 2.24) is 0 Å². The van der Waals surface area contributed by atoms with E-state index in [0.717, 1.165) is 43.4 Å². The fourth-order valence-electron chi connectivity index (χ4n) is 2.40. The number of thioether (sulfide) groups is 1. The van der Waals surface area contributed by atoms with Gasteiger partial charge in [0.1, 0.15) is 4.75 Å². The third kappa shape index (κ3) is 3.01. The van der Waals surface area contributed by atoms with Crippen LogP contribution in [-0.2, 0) is 4.79 Å². The fraction of sp³-hybridized carbons (Fsp3) is 0.500. The largest absolute Gasteiger partial charge is 0.480 e. The van der Waals surface area contributed by atoms with Crippen LogP contribution >= 0.6 is 23.4 Å². The number of carbonyl (C=O) groups is 1. The van der Waals surface area contributed by atoms with Crippen LogP contribution in [0.5, 0.6) is 0 Å². The highest BCUT2D eigenvalue weighted by molar-refractivity contribution is 8.01. The Kier molecular flexibility index (Phi) is 4.57. The molecule has 1 saturated carbocycles. The van der Waals surface area contributed by atoms with Crippen molar-refractivity contribution in [2.24, 2.45) is 0 Å². The molecule has 2 nitrogen and oxygen atoms in total. The molecule has 1 aliphatic rings. The van der Waals surface area contributed by atoms with E-state index in [4.69, 9.17) is 11.6 Å². The van der Waals surface area contributed by atoms with Crippen molar-refractivity contribution in [2.45, 2.75) is 48.2 Å². The number of aliphatic carboxylic acids is 1. The summed E-state index contributed by atoms with van der Waals surface area (Å²) in [6.07, 6.45) is 5.72. The molecule has 1 aromatic carbocycles. The molecule has 0 amide bonds. The molecule has 98 valence electrons. The molecule has 2 rings (SSSR count). The van der Waals surface area contributed by atoms with Crippen LogP contribution in [0.1, 0.15) is 38.5 Å². The van der Waals surface area contributed by atoms with Crippen LogP contribution in [0, 0.1) is 0 Å². The van der Waals surface area contributed by atoms with Crippen LogP contribution < -0.4 is 0 Å². The molecule has 0 aliphatic heterocycles. The maximum atomic E-state index is 11.7. The molecule has 0 spiro atoms. The van der Waals surface area contributed by atoms with Gasteiger partial charge in [0, 0.05) is 4.90 Å². The van der Waals surface area contributed by atoms with Crippen molar-refractivity contribution in [1.29, 1.82) is 0 Å². The molecule has 0 aromatic heterocycles. The SMILES string of the molecule is O=C(O)C1(Sc2ccccc2Cl)CCCCCC1. The number of benzene rings is 1. The van der Waals surface area contributed by atoms with Gasteiger partial charge in [0.05, 0.1) is 5.02 Å². The van der Waals surface area contributed by atoms with Gasteiger partial charge in [0.15, 0.2) is 0 Å². The molecule has 0 heterocycles. The average Bonchev–Trinajstić information content (AvgIpc) is 2.59. The van der Waals surface area contributed by atoms with Gasteiger partial charge < -0.3 is 5.11 Å². The predicted octanol–water partition coefficient (Wildman–Crippen LogP) is 4.61. The van der Waals surface area contributed by atoms with Crippen LogP contribution in [0.4, 0.5) is 0 Å². The number of hydrogen-bond donors (Lipinski definition) is 1. The summed E-state index contributed by atoms with van der Waals surface area (Å²) < 4.78 is -0.693. The minimum Gasteiger partial charge on any atom is -0.480 e. The Morgan fingerprint density at radius 2 is 1.78 bits per heavy atom. The summed E-state index contributed by atoms with van der Waals surface area (Å²) in [7, 11) is 0. The first-order chi connectivity index (χ1) is 8.64. The summed E-state index contributed by atoms with van der Waals surface area (Å²) in [6, 6.07) is 7.49. The summed E-state index contributed by atoms with van der Waals surface area (Å²) in [5, 5.41) is 10.2. The normalized spacial score (nSPS) is 19.2. The van der Waals surface area contributed by atoms with E-state index in [1.165, 1.54) is 11.8 Å². The molecule has 1 fully saturated rings. The lowest BCUT2D eigenvalue weighted by atomic mass is 9.99. The molecule has 4 heteroatoms. The van der Waals surface area contributed by atoms with Crippen molar-refractivity contribution < 1.29 is 9.90 Å². The second kappa shape index (κ2) is 5.98. The standard InChI is InChI=1S/C14H17ClO2S/c15-11-7-3-4-8-12(11)18-14(13(16)17)9-5-1-2-6-10-14/h3-4,7-8H,1-2,5-6,9-10H2,(H,16,17). The van der Waals surface area contributed by atoms with Gasteiger partial charge in [0.25, 0.3) is 0 Å². The van der Waals surface area contributed by atoms with E-state index in [1.807, 2.05) is 24.3 Å². The number of rotatable bonds is 3. The summed E-state index contributed by atoms with van der Waals surface area (Å²) in [6.45, 7) is 0. The summed E-state index contributed by atoms with van der Waals surface area (Å²) >= 11 is 7.57. The minimum absolute atomic E-state index is 0.646. The van der Waals surface area contributed by atoms with Crippen molar-refractivity contribution >= 4 is 29.3 Å². The Hall–Kier alpha value is -0.670. The lowest BCUT2D eigenvalue weighted by Gasteiger charge is -2.27. The van der Waals surface area contributed by atoms with Gasteiger partial charge in [-0.2, -0.15) is 0 Å². The van der Waals surface area contributed by atoms with Crippen molar-refractivity contribution in [3.8, 4) is 0 Å². The van der Waals surface area contributed by atoms with Gasteiger partial charge in [-0.1, -0.05) is 49.4 Å². The van der Waals surface area contributed by atoms with Crippen LogP contribution in [0.2, 0.25) is 5.02 Å². The summed E-state index contributed by atoms with van der Waals surface area (Å²) in [4.78, 5) is 12.6. The first-order valence-electron chi connectivity index (χ1n) is 6.31. The zero-order valence-electron chi connectivity index (χ0n) is 10.2. The Morgan fingerprint density at radius 1 is 1.17 bits per heavy atom. The molecule has 0 radical (unpaired) electrons. The predicted molar refractivity (Wildman–Crippen MR) is 75.4 cm³/mol. The van der Waals surface area contributed by atoms with E-state index >= 15 is 0 Å². The lowest BCUT2D eigenvalue weighted by molar-refractivity contribution is -0.140. The van der Waals surface area contributed by atoms with Crippen molar-refractivity contribution in [3.63, 3.8) is 0 Å². The molecule has 0 saturated heterocycles. The van der Waals surface area contributed by atoms with E-state index in [1.54, 1.807) is 0 Å². The molecule has 1 aliphatic carbocycles. The maximum absolute atomic E-state index is 11.7. The molecule has 1 N–H and O–H groups in total. The third-order valence-electron chi connectivity index (χ3n) is 3.44. The zero-order valence-corrected chi connectivity index (χ0v) is 11.8. The Balaban J connectivity index is 2.25. The van der Waals surface area contributed by atoms with Gasteiger partial charge in [-0.3, -0.25) is 4.79 Å². The quantitative estimate of drug-likeness (QED) is 0.824. The zero-order chi connectivity index (χ0) is 13.0. The molecule has 0 unspecified atom stereocenters. The third-order valence-corrected chi connectivity index (χ3v) is 5.43. The van der Waals surface area contributed by atoms with Gasteiger partial charge in [-0.15, -0.1) is 11.8 Å². The van der Waals surface area contributed by atoms with Crippen LogP contribution in [-0.4, -0.2) is 15.8 Å². The second-order valence-electron chi connectivity index (χ2n) is 4.75. The highest BCUT2D eigenvalue weighted by Crippen LogP contribution is 2.45. The molecule has 18 heavy (non-hydrogen) atoms. The minimum atomic E-state index is -0.700. The maximum Gasteiger partial charge on any atom is 0.320 e. The van der Waals surface area contributed by atoms with E-state index < -0.39 is 10.7 Å². The van der Waals surface area contributed by atoms with Crippen LogP contribution in [0.3, 0.4) is 0 Å². The van der Waals surface area contributed by atoms with Crippen LogP contribution in [0.25, 0.3) is 0 Å². The number of hydrogen-bond acceptors (Lipinski definition) is 2. The molecule has 0 bridgehead atoms. The molecular weight excluding hydrogens is 268 g/mol. The molecular formula is C14H17ClO2S. The molecule has 0 atom stereocenters. The van der Waals surface area contributed by atoms with Gasteiger partial charge in [0.2, 0.25) is 0 Å². The topological polar surface area (TPSA) is 37.3 Å². The number of halogens is 1. The Labute approximate surface area is 117 Å². The van der Waals surface area contributed by atoms with E-state index in [-0.39, 0.29) is 0 Å². The van der Waals surface area contributed by atoms with Gasteiger partial charge in [-0.25, -0.2) is 0 Å². The Bertz CT molecular complexity index is 426. The fourth-order valence-corrected chi connectivity index (χ4v) is 3.96. The highest BCUT2D eigenvalue weighted by Gasteiger charge is 2.40. The molecule has 1 aromatic rings. The lowest BCUT2D eigenvalue weighted by Crippen LogP contribution is -2.34. The number of carboxylic acids is 1. The first-order valence-corrected chi connectivity index (χ1v) is 7.50. The van der Waals surface area contributed by atoms with Gasteiger partial charge >= 0.3 is 5.97 Å². The number of carboxylic acid groups (broad SMARTS) is 1. The van der Waals surface area contributed by atoms with Crippen molar-refractivity contribution in [2.75, 3.05) is 0 Å². The Morgan fingerprint density at radius 3 is 2.33 bits per heavy atom. The second-order valence-corrected chi connectivity index (χ2v) is 6.58. The summed E-state index contributed by atoms with van der Waals surface area (Å²) in [5.74, 6) is -0.700.